The molecule has 1 N–H and O–H groups in total. The molecule has 0 aliphatic carbocycles. The van der Waals surface area contributed by atoms with Crippen LogP contribution in [-0.4, -0.2) is 11.1 Å². The van der Waals surface area contributed by atoms with Crippen LogP contribution in [-0.2, 0) is 4.79 Å². The lowest BCUT2D eigenvalue weighted by molar-refractivity contribution is -0.112. The quantitative estimate of drug-likeness (QED) is 0.501. The van der Waals surface area contributed by atoms with Gasteiger partial charge in [0.05, 0.1) is 0 Å². The van der Waals surface area contributed by atoms with Gasteiger partial charge in [-0.1, -0.05) is 47.6 Å². The molecular formula is C22H19N3O3. The van der Waals surface area contributed by atoms with Crippen molar-refractivity contribution in [3.63, 3.8) is 0 Å². The third-order valence-corrected chi connectivity index (χ3v) is 4.01. The van der Waals surface area contributed by atoms with Crippen LogP contribution >= 0.6 is 0 Å². The second kappa shape index (κ2) is 8.69. The number of amides is 1. The van der Waals surface area contributed by atoms with E-state index >= 15 is 0 Å². The highest BCUT2D eigenvalue weighted by molar-refractivity contribution is 6.09. The Morgan fingerprint density at radius 3 is 2.54 bits per heavy atom. The third kappa shape index (κ3) is 4.86. The van der Waals surface area contributed by atoms with Gasteiger partial charge in [0.1, 0.15) is 29.3 Å². The van der Waals surface area contributed by atoms with Crippen molar-refractivity contribution in [2.75, 3.05) is 5.32 Å². The van der Waals surface area contributed by atoms with Gasteiger partial charge >= 0.3 is 0 Å². The summed E-state index contributed by atoms with van der Waals surface area (Å²) in [5.41, 5.74) is 1.76. The molecule has 6 nitrogen and oxygen atoms in total. The average molecular weight is 373 g/mol. The molecule has 1 atom stereocenters. The number of aromatic nitrogens is 1. The summed E-state index contributed by atoms with van der Waals surface area (Å²) >= 11 is 0. The Bertz CT molecular complexity index is 1020. The Morgan fingerprint density at radius 1 is 1.21 bits per heavy atom. The molecule has 28 heavy (non-hydrogen) atoms. The van der Waals surface area contributed by atoms with E-state index in [2.05, 4.69) is 10.5 Å². The molecule has 0 fully saturated rings. The van der Waals surface area contributed by atoms with Gasteiger partial charge in [-0.15, -0.1) is 0 Å². The molecule has 0 saturated carbocycles. The zero-order valence-corrected chi connectivity index (χ0v) is 15.5. The fourth-order valence-electron chi connectivity index (χ4n) is 2.56. The first-order valence-electron chi connectivity index (χ1n) is 8.73. The smallest absolute Gasteiger partial charge is 0.267 e. The Hall–Kier alpha value is -3.85. The molecule has 3 rings (SSSR count). The molecule has 2 aromatic carbocycles. The van der Waals surface area contributed by atoms with Gasteiger partial charge in [-0.3, -0.25) is 4.79 Å². The molecule has 1 aromatic heterocycles. The van der Waals surface area contributed by atoms with Crippen molar-refractivity contribution >= 4 is 17.8 Å². The number of aryl methyl sites for hydroxylation is 1. The minimum Gasteiger partial charge on any atom is -0.486 e. The maximum Gasteiger partial charge on any atom is 0.267 e. The number of benzene rings is 2. The number of anilines is 1. The van der Waals surface area contributed by atoms with Gasteiger partial charge in [0.15, 0.2) is 5.82 Å². The Kier molecular flexibility index (Phi) is 5.87. The molecule has 0 spiro atoms. The van der Waals surface area contributed by atoms with Crippen molar-refractivity contribution in [1.29, 1.82) is 5.26 Å². The SMILES string of the molecule is Cc1cc(NC(=O)/C(C#N)=C\c2ccc(OC(C)c3ccccc3)cc2)no1. The van der Waals surface area contributed by atoms with Crippen LogP contribution in [0.5, 0.6) is 5.75 Å². The lowest BCUT2D eigenvalue weighted by Crippen LogP contribution is -2.13. The molecule has 140 valence electrons. The topological polar surface area (TPSA) is 88.2 Å². The number of carbonyl (C=O) groups is 1. The first-order chi connectivity index (χ1) is 13.5. The van der Waals surface area contributed by atoms with E-state index in [0.717, 1.165) is 5.56 Å². The standard InChI is InChI=1S/C22H19N3O3/c1-15-12-21(25-28-15)24-22(26)19(14-23)13-17-8-10-20(11-9-17)27-16(2)18-6-4-3-5-7-18/h3-13,16H,1-2H3,(H,24,25,26)/b19-13-. The van der Waals surface area contributed by atoms with E-state index in [-0.39, 0.29) is 17.5 Å². The maximum atomic E-state index is 12.2. The zero-order chi connectivity index (χ0) is 19.9. The minimum absolute atomic E-state index is 0.0352. The van der Waals surface area contributed by atoms with Crippen LogP contribution in [0.3, 0.4) is 0 Å². The van der Waals surface area contributed by atoms with Crippen molar-refractivity contribution in [1.82, 2.24) is 5.16 Å². The van der Waals surface area contributed by atoms with E-state index in [4.69, 9.17) is 9.26 Å². The molecule has 6 heteroatoms. The van der Waals surface area contributed by atoms with Crippen LogP contribution in [0.4, 0.5) is 5.82 Å². The third-order valence-electron chi connectivity index (χ3n) is 4.01. The largest absolute Gasteiger partial charge is 0.486 e. The molecular weight excluding hydrogens is 354 g/mol. The fourth-order valence-corrected chi connectivity index (χ4v) is 2.56. The number of nitrogens with one attached hydrogen (secondary N) is 1. The van der Waals surface area contributed by atoms with E-state index in [0.29, 0.717) is 17.1 Å². The first kappa shape index (κ1) is 18.9. The van der Waals surface area contributed by atoms with E-state index in [1.165, 1.54) is 6.08 Å². The Morgan fingerprint density at radius 2 is 1.93 bits per heavy atom. The molecule has 0 aliphatic rings. The Balaban J connectivity index is 1.67. The number of rotatable bonds is 6. The second-order valence-electron chi connectivity index (χ2n) is 6.19. The lowest BCUT2D eigenvalue weighted by Gasteiger charge is -2.15. The highest BCUT2D eigenvalue weighted by Gasteiger charge is 2.12. The van der Waals surface area contributed by atoms with Crippen LogP contribution in [0.2, 0.25) is 0 Å². The fraction of sp³-hybridized carbons (Fsp3) is 0.136. The molecule has 0 aliphatic heterocycles. The normalized spacial score (nSPS) is 12.1. The molecule has 1 heterocycles. The highest BCUT2D eigenvalue weighted by Crippen LogP contribution is 2.22. The van der Waals surface area contributed by atoms with Gasteiger partial charge < -0.3 is 14.6 Å². The molecule has 0 bridgehead atoms. The van der Waals surface area contributed by atoms with Crippen LogP contribution in [0.25, 0.3) is 6.08 Å². The van der Waals surface area contributed by atoms with Crippen molar-refractivity contribution in [2.45, 2.75) is 20.0 Å². The number of ether oxygens (including phenoxy) is 1. The Labute approximate surface area is 163 Å². The van der Waals surface area contributed by atoms with E-state index in [1.54, 1.807) is 37.3 Å². The van der Waals surface area contributed by atoms with Crippen LogP contribution in [0, 0.1) is 18.3 Å². The van der Waals surface area contributed by atoms with Gasteiger partial charge in [0, 0.05) is 6.07 Å². The van der Waals surface area contributed by atoms with E-state index in [1.807, 2.05) is 43.3 Å². The number of hydrogen-bond acceptors (Lipinski definition) is 5. The second-order valence-corrected chi connectivity index (χ2v) is 6.19. The summed E-state index contributed by atoms with van der Waals surface area (Å²) in [6.45, 7) is 3.69. The predicted octanol–water partition coefficient (Wildman–Crippen LogP) is 4.67. The van der Waals surface area contributed by atoms with Crippen molar-refractivity contribution in [2.24, 2.45) is 0 Å². The number of hydrogen-bond donors (Lipinski definition) is 1. The summed E-state index contributed by atoms with van der Waals surface area (Å²) < 4.78 is 10.8. The number of nitrogens with zero attached hydrogens (tertiary/aromatic N) is 2. The monoisotopic (exact) mass is 373 g/mol. The maximum absolute atomic E-state index is 12.2. The zero-order valence-electron chi connectivity index (χ0n) is 15.5. The van der Waals surface area contributed by atoms with Gasteiger partial charge in [0.25, 0.3) is 5.91 Å². The minimum atomic E-state index is -0.547. The highest BCUT2D eigenvalue weighted by atomic mass is 16.5. The van der Waals surface area contributed by atoms with Gasteiger partial charge in [-0.2, -0.15) is 5.26 Å². The van der Waals surface area contributed by atoms with Crippen LogP contribution < -0.4 is 10.1 Å². The van der Waals surface area contributed by atoms with Gasteiger partial charge in [-0.05, 0) is 43.2 Å². The molecule has 0 saturated heterocycles. The molecule has 0 radical (unpaired) electrons. The molecule has 1 amide bonds. The van der Waals surface area contributed by atoms with Gasteiger partial charge in [0.2, 0.25) is 0 Å². The molecule has 3 aromatic rings. The number of nitriles is 1. The predicted molar refractivity (Wildman–Crippen MR) is 105 cm³/mol. The van der Waals surface area contributed by atoms with Crippen LogP contribution in [0.15, 0.2) is 70.8 Å². The van der Waals surface area contributed by atoms with E-state index in [9.17, 15) is 10.1 Å². The summed E-state index contributed by atoms with van der Waals surface area (Å²) in [5.74, 6) is 0.990. The summed E-state index contributed by atoms with van der Waals surface area (Å²) in [7, 11) is 0. The average Bonchev–Trinajstić information content (AvgIpc) is 3.12. The summed E-state index contributed by atoms with van der Waals surface area (Å²) in [6.07, 6.45) is 1.42. The van der Waals surface area contributed by atoms with Crippen molar-refractivity contribution in [3.05, 3.63) is 83.1 Å². The van der Waals surface area contributed by atoms with Crippen molar-refractivity contribution in [3.8, 4) is 11.8 Å². The first-order valence-corrected chi connectivity index (χ1v) is 8.73. The van der Waals surface area contributed by atoms with Crippen molar-refractivity contribution < 1.29 is 14.1 Å². The lowest BCUT2D eigenvalue weighted by atomic mass is 10.1. The van der Waals surface area contributed by atoms with E-state index < -0.39 is 5.91 Å². The summed E-state index contributed by atoms with van der Waals surface area (Å²) in [6, 6.07) is 20.6. The molecule has 1 unspecified atom stereocenters. The van der Waals surface area contributed by atoms with Crippen LogP contribution in [0.1, 0.15) is 29.9 Å². The summed E-state index contributed by atoms with van der Waals surface area (Å²) in [5, 5.41) is 15.5. The summed E-state index contributed by atoms with van der Waals surface area (Å²) in [4.78, 5) is 12.2. The number of carbonyl (C=O) groups excluding carboxylic acids is 1. The van der Waals surface area contributed by atoms with Gasteiger partial charge in [-0.25, -0.2) is 0 Å².